The van der Waals surface area contributed by atoms with Crippen molar-refractivity contribution in [1.29, 1.82) is 0 Å². The molecule has 1 aliphatic rings. The molecule has 0 bridgehead atoms. The molecule has 0 amide bonds. The fourth-order valence-electron chi connectivity index (χ4n) is 2.35. The van der Waals surface area contributed by atoms with Crippen molar-refractivity contribution < 1.29 is 19.4 Å². The first-order chi connectivity index (χ1) is 9.87. The van der Waals surface area contributed by atoms with Crippen LogP contribution in [0.25, 0.3) is 0 Å². The molecule has 1 N–H and O–H groups in total. The van der Waals surface area contributed by atoms with E-state index in [-0.39, 0.29) is 5.92 Å². The van der Waals surface area contributed by atoms with E-state index in [9.17, 15) is 9.90 Å². The Bertz CT molecular complexity index is 519. The first-order valence-corrected chi connectivity index (χ1v) is 7.23. The van der Waals surface area contributed by atoms with Gasteiger partial charge in [0, 0.05) is 19.8 Å². The van der Waals surface area contributed by atoms with E-state index in [1.165, 1.54) is 11.6 Å². The summed E-state index contributed by atoms with van der Waals surface area (Å²) in [7, 11) is 0. The van der Waals surface area contributed by atoms with Crippen molar-refractivity contribution >= 4 is 5.97 Å². The SMILES string of the molecule is CC(C1=CC(=O)OC(C)(C)O1)C(O)CCc1ccccc1. The number of aliphatic hydroxyl groups is 1. The quantitative estimate of drug-likeness (QED) is 0.847. The first kappa shape index (κ1) is 15.6. The summed E-state index contributed by atoms with van der Waals surface area (Å²) in [4.78, 5) is 11.5. The molecule has 0 spiro atoms. The van der Waals surface area contributed by atoms with Crippen molar-refractivity contribution in [3.05, 3.63) is 47.7 Å². The maximum Gasteiger partial charge on any atom is 0.337 e. The number of esters is 1. The van der Waals surface area contributed by atoms with Crippen LogP contribution in [0.2, 0.25) is 0 Å². The van der Waals surface area contributed by atoms with Gasteiger partial charge in [-0.15, -0.1) is 0 Å². The summed E-state index contributed by atoms with van der Waals surface area (Å²) < 4.78 is 10.7. The van der Waals surface area contributed by atoms with E-state index in [2.05, 4.69) is 0 Å². The van der Waals surface area contributed by atoms with E-state index in [1.54, 1.807) is 13.8 Å². The lowest BCUT2D eigenvalue weighted by Crippen LogP contribution is -2.37. The van der Waals surface area contributed by atoms with Crippen LogP contribution >= 0.6 is 0 Å². The molecule has 0 aromatic heterocycles. The smallest absolute Gasteiger partial charge is 0.337 e. The van der Waals surface area contributed by atoms with Gasteiger partial charge in [0.25, 0.3) is 0 Å². The normalized spacial score (nSPS) is 20.0. The first-order valence-electron chi connectivity index (χ1n) is 7.23. The zero-order valence-electron chi connectivity index (χ0n) is 12.7. The largest absolute Gasteiger partial charge is 0.456 e. The molecule has 0 fully saturated rings. The molecule has 4 nitrogen and oxygen atoms in total. The molecular weight excluding hydrogens is 268 g/mol. The van der Waals surface area contributed by atoms with Gasteiger partial charge in [-0.05, 0) is 18.4 Å². The average Bonchev–Trinajstić information content (AvgIpc) is 2.43. The summed E-state index contributed by atoms with van der Waals surface area (Å²) in [6, 6.07) is 10.0. The second-order valence-electron chi connectivity index (χ2n) is 5.85. The molecule has 2 rings (SSSR count). The number of hydrogen-bond acceptors (Lipinski definition) is 4. The second-order valence-corrected chi connectivity index (χ2v) is 5.85. The van der Waals surface area contributed by atoms with Gasteiger partial charge >= 0.3 is 5.97 Å². The Kier molecular flexibility index (Phi) is 4.68. The van der Waals surface area contributed by atoms with Crippen LogP contribution in [-0.2, 0) is 20.7 Å². The fraction of sp³-hybridized carbons (Fsp3) is 0.471. The number of cyclic esters (lactones) is 1. The zero-order chi connectivity index (χ0) is 15.5. The van der Waals surface area contributed by atoms with Crippen molar-refractivity contribution in [2.45, 2.75) is 45.5 Å². The van der Waals surface area contributed by atoms with E-state index in [0.29, 0.717) is 12.2 Å². The minimum Gasteiger partial charge on any atom is -0.456 e. The van der Waals surface area contributed by atoms with Gasteiger partial charge < -0.3 is 14.6 Å². The molecule has 0 radical (unpaired) electrons. The monoisotopic (exact) mass is 290 g/mol. The van der Waals surface area contributed by atoms with Crippen LogP contribution in [-0.4, -0.2) is 23.0 Å². The van der Waals surface area contributed by atoms with Crippen molar-refractivity contribution in [3.63, 3.8) is 0 Å². The zero-order valence-corrected chi connectivity index (χ0v) is 12.7. The predicted octanol–water partition coefficient (Wildman–Crippen LogP) is 2.81. The average molecular weight is 290 g/mol. The summed E-state index contributed by atoms with van der Waals surface area (Å²) >= 11 is 0. The summed E-state index contributed by atoms with van der Waals surface area (Å²) in [5.41, 5.74) is 1.18. The molecule has 2 atom stereocenters. The molecule has 1 aliphatic heterocycles. The molecule has 1 aromatic rings. The van der Waals surface area contributed by atoms with Gasteiger partial charge in [0.2, 0.25) is 5.79 Å². The third kappa shape index (κ3) is 4.33. The number of benzene rings is 1. The van der Waals surface area contributed by atoms with Gasteiger partial charge in [-0.3, -0.25) is 0 Å². The molecule has 21 heavy (non-hydrogen) atoms. The summed E-state index contributed by atoms with van der Waals surface area (Å²) in [5, 5.41) is 10.3. The standard InChI is InChI=1S/C17H22O4/c1-12(15-11-16(19)21-17(2,3)20-15)14(18)10-9-13-7-5-4-6-8-13/h4-8,11-12,14,18H,9-10H2,1-3H3. The number of hydrogen-bond donors (Lipinski definition) is 1. The number of rotatable bonds is 5. The lowest BCUT2D eigenvalue weighted by atomic mass is 9.95. The predicted molar refractivity (Wildman–Crippen MR) is 79.3 cm³/mol. The third-order valence-electron chi connectivity index (χ3n) is 3.57. The van der Waals surface area contributed by atoms with Gasteiger partial charge in [0.15, 0.2) is 0 Å². The Morgan fingerprint density at radius 2 is 1.86 bits per heavy atom. The summed E-state index contributed by atoms with van der Waals surface area (Å²) in [6.07, 6.45) is 2.15. The number of carbonyl (C=O) groups is 1. The topological polar surface area (TPSA) is 55.8 Å². The second kappa shape index (κ2) is 6.31. The molecule has 0 saturated carbocycles. The highest BCUT2D eigenvalue weighted by molar-refractivity contribution is 5.83. The molecule has 0 aliphatic carbocycles. The van der Waals surface area contributed by atoms with Gasteiger partial charge in [-0.2, -0.15) is 0 Å². The van der Waals surface area contributed by atoms with Crippen LogP contribution in [0.3, 0.4) is 0 Å². The lowest BCUT2D eigenvalue weighted by Gasteiger charge is -2.34. The van der Waals surface area contributed by atoms with Crippen molar-refractivity contribution in [1.82, 2.24) is 0 Å². The molecule has 1 aromatic carbocycles. The molecule has 4 heteroatoms. The molecule has 2 unspecified atom stereocenters. The van der Waals surface area contributed by atoms with Crippen molar-refractivity contribution in [2.24, 2.45) is 5.92 Å². The Morgan fingerprint density at radius 3 is 2.48 bits per heavy atom. The number of carbonyl (C=O) groups excluding carboxylic acids is 1. The highest BCUT2D eigenvalue weighted by Gasteiger charge is 2.34. The van der Waals surface area contributed by atoms with Crippen LogP contribution in [0.4, 0.5) is 0 Å². The van der Waals surface area contributed by atoms with E-state index >= 15 is 0 Å². The van der Waals surface area contributed by atoms with Crippen molar-refractivity contribution in [2.75, 3.05) is 0 Å². The van der Waals surface area contributed by atoms with E-state index in [4.69, 9.17) is 9.47 Å². The van der Waals surface area contributed by atoms with Crippen LogP contribution < -0.4 is 0 Å². The van der Waals surface area contributed by atoms with E-state index in [1.807, 2.05) is 37.3 Å². The van der Waals surface area contributed by atoms with Gasteiger partial charge in [-0.1, -0.05) is 37.3 Å². The van der Waals surface area contributed by atoms with Crippen LogP contribution in [0.15, 0.2) is 42.2 Å². The molecule has 0 saturated heterocycles. The highest BCUT2D eigenvalue weighted by atomic mass is 16.7. The van der Waals surface area contributed by atoms with Crippen LogP contribution in [0, 0.1) is 5.92 Å². The number of aliphatic hydroxyl groups excluding tert-OH is 1. The Labute approximate surface area is 125 Å². The van der Waals surface area contributed by atoms with Crippen molar-refractivity contribution in [3.8, 4) is 0 Å². The Balaban J connectivity index is 1.96. The fourth-order valence-corrected chi connectivity index (χ4v) is 2.35. The maximum absolute atomic E-state index is 11.5. The number of aryl methyl sites for hydroxylation is 1. The molecule has 1 heterocycles. The third-order valence-corrected chi connectivity index (χ3v) is 3.57. The maximum atomic E-state index is 11.5. The van der Waals surface area contributed by atoms with E-state index < -0.39 is 17.9 Å². The number of ether oxygens (including phenoxy) is 2. The highest BCUT2D eigenvalue weighted by Crippen LogP contribution is 2.29. The van der Waals surface area contributed by atoms with E-state index in [0.717, 1.165) is 6.42 Å². The Hall–Kier alpha value is -1.81. The molecular formula is C17H22O4. The minimum atomic E-state index is -0.978. The van der Waals surface area contributed by atoms with Gasteiger partial charge in [0.1, 0.15) is 5.76 Å². The summed E-state index contributed by atoms with van der Waals surface area (Å²) in [5.74, 6) is -1.17. The van der Waals surface area contributed by atoms with Crippen LogP contribution in [0.1, 0.15) is 32.8 Å². The lowest BCUT2D eigenvalue weighted by molar-refractivity contribution is -0.209. The molecule has 114 valence electrons. The summed E-state index contributed by atoms with van der Waals surface area (Å²) in [6.45, 7) is 5.22. The Morgan fingerprint density at radius 1 is 1.19 bits per heavy atom. The van der Waals surface area contributed by atoms with Gasteiger partial charge in [0.05, 0.1) is 12.2 Å². The minimum absolute atomic E-state index is 0.249. The van der Waals surface area contributed by atoms with Crippen LogP contribution in [0.5, 0.6) is 0 Å². The van der Waals surface area contributed by atoms with Gasteiger partial charge in [-0.25, -0.2) is 4.79 Å².